The van der Waals surface area contributed by atoms with Gasteiger partial charge in [0.05, 0.1) is 5.56 Å². The van der Waals surface area contributed by atoms with Crippen molar-refractivity contribution in [3.63, 3.8) is 0 Å². The number of nitrogens with two attached hydrogens (primary N) is 1. The SMILES string of the molecule is Nc1ccc(O)cc1C(=O)NCCCc1ccccc1. The van der Waals surface area contributed by atoms with Crippen molar-refractivity contribution in [3.05, 3.63) is 59.7 Å². The summed E-state index contributed by atoms with van der Waals surface area (Å²) in [4.78, 5) is 11.9. The lowest BCUT2D eigenvalue weighted by Crippen LogP contribution is -2.25. The third kappa shape index (κ3) is 3.75. The number of aromatic hydroxyl groups is 1. The molecule has 0 saturated heterocycles. The number of anilines is 1. The molecule has 0 aliphatic rings. The first-order valence-electron chi connectivity index (χ1n) is 6.57. The molecule has 2 aromatic carbocycles. The van der Waals surface area contributed by atoms with Crippen molar-refractivity contribution in [1.29, 1.82) is 0 Å². The molecule has 0 spiro atoms. The van der Waals surface area contributed by atoms with Crippen molar-refractivity contribution in [2.24, 2.45) is 0 Å². The van der Waals surface area contributed by atoms with Crippen LogP contribution in [0.4, 0.5) is 5.69 Å². The van der Waals surface area contributed by atoms with Crippen LogP contribution in [0, 0.1) is 0 Å². The molecule has 4 nitrogen and oxygen atoms in total. The van der Waals surface area contributed by atoms with E-state index in [-0.39, 0.29) is 11.7 Å². The number of hydrogen-bond acceptors (Lipinski definition) is 3. The maximum atomic E-state index is 11.9. The van der Waals surface area contributed by atoms with E-state index >= 15 is 0 Å². The van der Waals surface area contributed by atoms with E-state index < -0.39 is 0 Å². The lowest BCUT2D eigenvalue weighted by atomic mass is 10.1. The number of rotatable bonds is 5. The Bertz CT molecular complexity index is 582. The van der Waals surface area contributed by atoms with Crippen LogP contribution < -0.4 is 11.1 Å². The summed E-state index contributed by atoms with van der Waals surface area (Å²) in [5.74, 6) is -0.222. The van der Waals surface area contributed by atoms with Gasteiger partial charge in [0.15, 0.2) is 0 Å². The van der Waals surface area contributed by atoms with Crippen LogP contribution in [0.1, 0.15) is 22.3 Å². The lowest BCUT2D eigenvalue weighted by Gasteiger charge is -2.08. The van der Waals surface area contributed by atoms with Crippen LogP contribution in [0.25, 0.3) is 0 Å². The van der Waals surface area contributed by atoms with Crippen molar-refractivity contribution < 1.29 is 9.90 Å². The van der Waals surface area contributed by atoms with E-state index in [0.717, 1.165) is 12.8 Å². The van der Waals surface area contributed by atoms with Crippen LogP contribution in [0.5, 0.6) is 5.75 Å². The summed E-state index contributed by atoms with van der Waals surface area (Å²) < 4.78 is 0. The standard InChI is InChI=1S/C16H18N2O2/c17-15-9-8-13(19)11-14(15)16(20)18-10-4-7-12-5-2-1-3-6-12/h1-3,5-6,8-9,11,19H,4,7,10,17H2,(H,18,20). The Balaban J connectivity index is 1.82. The highest BCUT2D eigenvalue weighted by Crippen LogP contribution is 2.18. The van der Waals surface area contributed by atoms with Gasteiger partial charge in [0.25, 0.3) is 5.91 Å². The minimum absolute atomic E-state index is 0.0358. The molecule has 0 aliphatic heterocycles. The van der Waals surface area contributed by atoms with Gasteiger partial charge in [0.1, 0.15) is 5.75 Å². The molecular formula is C16H18N2O2. The molecule has 1 amide bonds. The summed E-state index contributed by atoms with van der Waals surface area (Å²) in [7, 11) is 0. The maximum Gasteiger partial charge on any atom is 0.253 e. The van der Waals surface area contributed by atoms with E-state index in [1.54, 1.807) is 0 Å². The van der Waals surface area contributed by atoms with E-state index in [1.807, 2.05) is 18.2 Å². The predicted molar refractivity (Wildman–Crippen MR) is 79.6 cm³/mol. The number of amides is 1. The molecular weight excluding hydrogens is 252 g/mol. The third-order valence-corrected chi connectivity index (χ3v) is 3.05. The molecule has 0 atom stereocenters. The second kappa shape index (κ2) is 6.61. The molecule has 4 N–H and O–H groups in total. The molecule has 0 aliphatic carbocycles. The van der Waals surface area contributed by atoms with Crippen LogP contribution in [0.3, 0.4) is 0 Å². The second-order valence-electron chi connectivity index (χ2n) is 4.62. The van der Waals surface area contributed by atoms with Crippen LogP contribution in [0.15, 0.2) is 48.5 Å². The molecule has 0 saturated carbocycles. The molecule has 2 rings (SSSR count). The highest BCUT2D eigenvalue weighted by atomic mass is 16.3. The number of nitrogens with one attached hydrogen (secondary N) is 1. The zero-order valence-electron chi connectivity index (χ0n) is 11.2. The highest BCUT2D eigenvalue weighted by molar-refractivity contribution is 5.99. The Kier molecular flexibility index (Phi) is 4.60. The fourth-order valence-electron chi connectivity index (χ4n) is 1.98. The summed E-state index contributed by atoms with van der Waals surface area (Å²) >= 11 is 0. The van der Waals surface area contributed by atoms with Crippen molar-refractivity contribution in [1.82, 2.24) is 5.32 Å². The topological polar surface area (TPSA) is 75.3 Å². The van der Waals surface area contributed by atoms with Crippen LogP contribution in [0.2, 0.25) is 0 Å². The smallest absolute Gasteiger partial charge is 0.253 e. The molecule has 0 unspecified atom stereocenters. The van der Waals surface area contributed by atoms with Gasteiger partial charge in [-0.15, -0.1) is 0 Å². The zero-order chi connectivity index (χ0) is 14.4. The number of benzene rings is 2. The van der Waals surface area contributed by atoms with Gasteiger partial charge in [0.2, 0.25) is 0 Å². The summed E-state index contributed by atoms with van der Waals surface area (Å²) in [5.41, 5.74) is 7.64. The minimum Gasteiger partial charge on any atom is -0.508 e. The summed E-state index contributed by atoms with van der Waals surface area (Å²) in [5, 5.41) is 12.2. The largest absolute Gasteiger partial charge is 0.508 e. The lowest BCUT2D eigenvalue weighted by molar-refractivity contribution is 0.0953. The Morgan fingerprint density at radius 1 is 1.15 bits per heavy atom. The van der Waals surface area contributed by atoms with Crippen molar-refractivity contribution in [2.75, 3.05) is 12.3 Å². The normalized spacial score (nSPS) is 10.2. The molecule has 0 heterocycles. The van der Waals surface area contributed by atoms with Gasteiger partial charge in [0, 0.05) is 12.2 Å². The van der Waals surface area contributed by atoms with Gasteiger partial charge in [-0.25, -0.2) is 0 Å². The molecule has 0 radical (unpaired) electrons. The number of hydrogen-bond donors (Lipinski definition) is 3. The number of phenols is 1. The second-order valence-corrected chi connectivity index (χ2v) is 4.62. The molecule has 0 fully saturated rings. The number of carbonyl (C=O) groups excluding carboxylic acids is 1. The summed E-state index contributed by atoms with van der Waals surface area (Å²) in [6, 6.07) is 14.5. The molecule has 0 bridgehead atoms. The average Bonchev–Trinajstić information content (AvgIpc) is 2.47. The van der Waals surface area contributed by atoms with Gasteiger partial charge in [-0.2, -0.15) is 0 Å². The average molecular weight is 270 g/mol. The summed E-state index contributed by atoms with van der Waals surface area (Å²) in [6.07, 6.45) is 1.77. The van der Waals surface area contributed by atoms with Crippen LogP contribution in [-0.4, -0.2) is 17.6 Å². The minimum atomic E-state index is -0.258. The number of aryl methyl sites for hydroxylation is 1. The molecule has 2 aromatic rings. The molecule has 104 valence electrons. The number of phenolic OH excluding ortho intramolecular Hbond substituents is 1. The van der Waals surface area contributed by atoms with Gasteiger partial charge in [-0.1, -0.05) is 30.3 Å². The van der Waals surface area contributed by atoms with Crippen molar-refractivity contribution in [3.8, 4) is 5.75 Å². The van der Waals surface area contributed by atoms with Gasteiger partial charge >= 0.3 is 0 Å². The van der Waals surface area contributed by atoms with E-state index in [0.29, 0.717) is 17.8 Å². The number of nitrogen functional groups attached to an aromatic ring is 1. The predicted octanol–water partition coefficient (Wildman–Crippen LogP) is 2.34. The molecule has 0 aromatic heterocycles. The highest BCUT2D eigenvalue weighted by Gasteiger charge is 2.09. The third-order valence-electron chi connectivity index (χ3n) is 3.05. The van der Waals surface area contributed by atoms with Gasteiger partial charge in [-0.3, -0.25) is 4.79 Å². The van der Waals surface area contributed by atoms with Crippen molar-refractivity contribution in [2.45, 2.75) is 12.8 Å². The van der Waals surface area contributed by atoms with Crippen molar-refractivity contribution >= 4 is 11.6 Å². The van der Waals surface area contributed by atoms with E-state index in [4.69, 9.17) is 5.73 Å². The quantitative estimate of drug-likeness (QED) is 0.443. The Morgan fingerprint density at radius 2 is 1.90 bits per heavy atom. The fourth-order valence-corrected chi connectivity index (χ4v) is 1.98. The Hall–Kier alpha value is -2.49. The Morgan fingerprint density at radius 3 is 2.65 bits per heavy atom. The monoisotopic (exact) mass is 270 g/mol. The van der Waals surface area contributed by atoms with E-state index in [9.17, 15) is 9.90 Å². The van der Waals surface area contributed by atoms with E-state index in [2.05, 4.69) is 17.4 Å². The first-order chi connectivity index (χ1) is 9.66. The van der Waals surface area contributed by atoms with E-state index in [1.165, 1.54) is 23.8 Å². The zero-order valence-corrected chi connectivity index (χ0v) is 11.2. The summed E-state index contributed by atoms with van der Waals surface area (Å²) in [6.45, 7) is 0.572. The Labute approximate surface area is 118 Å². The number of carbonyl (C=O) groups is 1. The van der Waals surface area contributed by atoms with Crippen LogP contribution >= 0.6 is 0 Å². The fraction of sp³-hybridized carbons (Fsp3) is 0.188. The van der Waals surface area contributed by atoms with Crippen LogP contribution in [-0.2, 0) is 6.42 Å². The molecule has 4 heteroatoms. The first-order valence-corrected chi connectivity index (χ1v) is 6.57. The van der Waals surface area contributed by atoms with Gasteiger partial charge < -0.3 is 16.2 Å². The first kappa shape index (κ1) is 13.9. The van der Waals surface area contributed by atoms with Gasteiger partial charge in [-0.05, 0) is 36.6 Å². The molecule has 20 heavy (non-hydrogen) atoms. The maximum absolute atomic E-state index is 11.9.